The minimum atomic E-state index is -3.91. The molecule has 3 N–H and O–H groups in total. The minimum Gasteiger partial charge on any atom is -0.326 e. The van der Waals surface area contributed by atoms with Crippen LogP contribution < -0.4 is 10.5 Å². The first-order valence-electron chi connectivity index (χ1n) is 8.48. The highest BCUT2D eigenvalue weighted by molar-refractivity contribution is 7.89. The van der Waals surface area contributed by atoms with Crippen molar-refractivity contribution >= 4 is 33.4 Å². The molecule has 2 aromatic carbocycles. The van der Waals surface area contributed by atoms with Crippen LogP contribution in [0, 0.1) is 13.8 Å². The van der Waals surface area contributed by atoms with Crippen LogP contribution >= 0.6 is 0 Å². The van der Waals surface area contributed by atoms with E-state index in [4.69, 9.17) is 5.14 Å². The van der Waals surface area contributed by atoms with Gasteiger partial charge in [-0.3, -0.25) is 19.3 Å². The molecule has 3 amide bonds. The molecule has 1 heterocycles. The maximum Gasteiger partial charge on any atom is 0.261 e. The third-order valence-corrected chi connectivity index (χ3v) is 5.52. The fourth-order valence-electron chi connectivity index (χ4n) is 3.03. The average molecular weight is 401 g/mol. The number of imide groups is 1. The third-order valence-electron chi connectivity index (χ3n) is 4.47. The molecule has 0 spiro atoms. The molecule has 0 saturated carbocycles. The molecule has 0 atom stereocenters. The van der Waals surface area contributed by atoms with Gasteiger partial charge < -0.3 is 5.32 Å². The van der Waals surface area contributed by atoms with Gasteiger partial charge >= 0.3 is 0 Å². The summed E-state index contributed by atoms with van der Waals surface area (Å²) in [6.07, 6.45) is -0.122. The summed E-state index contributed by atoms with van der Waals surface area (Å²) in [7, 11) is -3.91. The summed E-state index contributed by atoms with van der Waals surface area (Å²) >= 11 is 0. The number of anilines is 1. The van der Waals surface area contributed by atoms with Crippen LogP contribution in [-0.4, -0.2) is 37.6 Å². The number of carbonyl (C=O) groups excluding carboxylic acids is 3. The molecule has 9 heteroatoms. The predicted octanol–water partition coefficient (Wildman–Crippen LogP) is 1.58. The molecule has 2 aromatic rings. The second-order valence-electron chi connectivity index (χ2n) is 6.63. The van der Waals surface area contributed by atoms with Crippen molar-refractivity contribution in [3.05, 3.63) is 58.7 Å². The number of primary sulfonamides is 1. The number of sulfonamides is 1. The first kappa shape index (κ1) is 19.7. The quantitative estimate of drug-likeness (QED) is 0.736. The van der Waals surface area contributed by atoms with Gasteiger partial charge in [0, 0.05) is 18.7 Å². The van der Waals surface area contributed by atoms with Crippen molar-refractivity contribution < 1.29 is 22.8 Å². The van der Waals surface area contributed by atoms with E-state index in [2.05, 4.69) is 5.32 Å². The number of carbonyl (C=O) groups is 3. The molecule has 0 saturated heterocycles. The van der Waals surface area contributed by atoms with Crippen molar-refractivity contribution in [3.63, 3.8) is 0 Å². The fourth-order valence-corrected chi connectivity index (χ4v) is 3.84. The number of hydrogen-bond donors (Lipinski definition) is 2. The number of aryl methyl sites for hydroxylation is 2. The van der Waals surface area contributed by atoms with E-state index in [1.165, 1.54) is 12.1 Å². The Balaban J connectivity index is 1.67. The molecule has 0 bridgehead atoms. The van der Waals surface area contributed by atoms with Crippen LogP contribution in [0.15, 0.2) is 41.3 Å². The lowest BCUT2D eigenvalue weighted by Crippen LogP contribution is -2.32. The van der Waals surface area contributed by atoms with Gasteiger partial charge in [-0.25, -0.2) is 13.6 Å². The summed E-state index contributed by atoms with van der Waals surface area (Å²) in [5.74, 6) is -1.32. The van der Waals surface area contributed by atoms with Crippen molar-refractivity contribution in [1.29, 1.82) is 0 Å². The Morgan fingerprint density at radius 3 is 2.39 bits per heavy atom. The molecule has 0 aliphatic carbocycles. The summed E-state index contributed by atoms with van der Waals surface area (Å²) in [5, 5.41) is 7.72. The lowest BCUT2D eigenvalue weighted by atomic mass is 10.1. The average Bonchev–Trinajstić information content (AvgIpc) is 2.84. The summed E-state index contributed by atoms with van der Waals surface area (Å²) in [6.45, 7) is 3.34. The highest BCUT2D eigenvalue weighted by atomic mass is 32.2. The molecule has 28 heavy (non-hydrogen) atoms. The monoisotopic (exact) mass is 401 g/mol. The van der Waals surface area contributed by atoms with E-state index in [1.807, 2.05) is 6.92 Å². The summed E-state index contributed by atoms with van der Waals surface area (Å²) < 4.78 is 23.2. The molecular formula is C19H19N3O5S. The third kappa shape index (κ3) is 3.80. The van der Waals surface area contributed by atoms with Crippen LogP contribution in [0.3, 0.4) is 0 Å². The smallest absolute Gasteiger partial charge is 0.261 e. The lowest BCUT2D eigenvalue weighted by Gasteiger charge is -2.14. The van der Waals surface area contributed by atoms with Crippen LogP contribution in [0.1, 0.15) is 38.3 Å². The molecule has 8 nitrogen and oxygen atoms in total. The van der Waals surface area contributed by atoms with Crippen LogP contribution in [0.2, 0.25) is 0 Å². The van der Waals surface area contributed by atoms with Crippen LogP contribution in [0.25, 0.3) is 0 Å². The zero-order valence-electron chi connectivity index (χ0n) is 15.4. The van der Waals surface area contributed by atoms with Crippen LogP contribution in [0.5, 0.6) is 0 Å². The van der Waals surface area contributed by atoms with Crippen molar-refractivity contribution in [2.24, 2.45) is 5.14 Å². The number of nitrogens with zero attached hydrogens (tertiary/aromatic N) is 1. The number of hydrogen-bond acceptors (Lipinski definition) is 5. The zero-order chi connectivity index (χ0) is 20.6. The van der Waals surface area contributed by atoms with Gasteiger partial charge in [0.1, 0.15) is 0 Å². The Morgan fingerprint density at radius 2 is 1.71 bits per heavy atom. The lowest BCUT2D eigenvalue weighted by molar-refractivity contribution is -0.116. The Morgan fingerprint density at radius 1 is 1.04 bits per heavy atom. The number of benzene rings is 2. The zero-order valence-corrected chi connectivity index (χ0v) is 16.2. The molecular weight excluding hydrogens is 382 g/mol. The van der Waals surface area contributed by atoms with Gasteiger partial charge in [0.05, 0.1) is 16.0 Å². The largest absolute Gasteiger partial charge is 0.326 e. The Bertz CT molecular complexity index is 1110. The van der Waals surface area contributed by atoms with E-state index in [0.717, 1.165) is 10.5 Å². The van der Waals surface area contributed by atoms with Gasteiger partial charge in [0.2, 0.25) is 15.9 Å². The predicted molar refractivity (Wildman–Crippen MR) is 102 cm³/mol. The summed E-state index contributed by atoms with van der Waals surface area (Å²) in [4.78, 5) is 38.0. The number of nitrogens with one attached hydrogen (secondary N) is 1. The van der Waals surface area contributed by atoms with Gasteiger partial charge in [-0.1, -0.05) is 17.7 Å². The van der Waals surface area contributed by atoms with Gasteiger partial charge in [-0.2, -0.15) is 0 Å². The Hall–Kier alpha value is -3.04. The summed E-state index contributed by atoms with van der Waals surface area (Å²) in [6, 6.07) is 9.35. The Kier molecular flexibility index (Phi) is 5.05. The highest BCUT2D eigenvalue weighted by Crippen LogP contribution is 2.24. The SMILES string of the molecule is Cc1ccc2c(c1)C(=O)N(CCC(=O)Nc1ccc(C)c(S(N)(=O)=O)c1)C2=O. The number of nitrogens with two attached hydrogens (primary N) is 1. The van der Waals surface area contributed by atoms with Crippen molar-refractivity contribution in [2.45, 2.75) is 25.2 Å². The Labute approximate surface area is 162 Å². The highest BCUT2D eigenvalue weighted by Gasteiger charge is 2.35. The minimum absolute atomic E-state index is 0.0782. The maximum absolute atomic E-state index is 12.4. The summed E-state index contributed by atoms with van der Waals surface area (Å²) in [5.41, 5.74) is 2.25. The topological polar surface area (TPSA) is 127 Å². The second-order valence-corrected chi connectivity index (χ2v) is 8.16. The first-order valence-corrected chi connectivity index (χ1v) is 10.0. The van der Waals surface area contributed by atoms with E-state index in [-0.39, 0.29) is 23.5 Å². The standard InChI is InChI=1S/C19H19N3O5S/c1-11-3-6-14-15(9-11)19(25)22(18(14)24)8-7-17(23)21-13-5-4-12(2)16(10-13)28(20,26)27/h3-6,9-10H,7-8H2,1-2H3,(H,21,23)(H2,20,26,27). The maximum atomic E-state index is 12.4. The second kappa shape index (κ2) is 7.17. The van der Waals surface area contributed by atoms with E-state index < -0.39 is 27.7 Å². The molecule has 3 rings (SSSR count). The molecule has 146 valence electrons. The van der Waals surface area contributed by atoms with Gasteiger partial charge in [-0.05, 0) is 43.7 Å². The first-order chi connectivity index (χ1) is 13.1. The van der Waals surface area contributed by atoms with Gasteiger partial charge in [-0.15, -0.1) is 0 Å². The number of fused-ring (bicyclic) bond motifs is 1. The van der Waals surface area contributed by atoms with E-state index in [9.17, 15) is 22.8 Å². The van der Waals surface area contributed by atoms with E-state index in [1.54, 1.807) is 31.2 Å². The van der Waals surface area contributed by atoms with Crippen LogP contribution in [-0.2, 0) is 14.8 Å². The molecule has 0 unspecified atom stereocenters. The van der Waals surface area contributed by atoms with E-state index >= 15 is 0 Å². The number of amides is 3. The van der Waals surface area contributed by atoms with Crippen molar-refractivity contribution in [1.82, 2.24) is 4.90 Å². The molecule has 1 aliphatic heterocycles. The van der Waals surface area contributed by atoms with Crippen molar-refractivity contribution in [3.8, 4) is 0 Å². The molecule has 0 radical (unpaired) electrons. The van der Waals surface area contributed by atoms with E-state index in [0.29, 0.717) is 16.7 Å². The number of rotatable bonds is 5. The van der Waals surface area contributed by atoms with Crippen molar-refractivity contribution in [2.75, 3.05) is 11.9 Å². The van der Waals surface area contributed by atoms with Crippen LogP contribution in [0.4, 0.5) is 5.69 Å². The molecule has 0 aromatic heterocycles. The van der Waals surface area contributed by atoms with Gasteiger partial charge in [0.25, 0.3) is 11.8 Å². The normalized spacial score (nSPS) is 13.6. The fraction of sp³-hybridized carbons (Fsp3) is 0.211. The molecule has 1 aliphatic rings. The van der Waals surface area contributed by atoms with Gasteiger partial charge in [0.15, 0.2) is 0 Å². The molecule has 0 fully saturated rings.